The van der Waals surface area contributed by atoms with Gasteiger partial charge >= 0.3 is 6.09 Å². The van der Waals surface area contributed by atoms with Gasteiger partial charge in [0.15, 0.2) is 0 Å². The van der Waals surface area contributed by atoms with E-state index < -0.39 is 11.7 Å². The van der Waals surface area contributed by atoms with Crippen LogP contribution in [0.1, 0.15) is 26.5 Å². The van der Waals surface area contributed by atoms with E-state index >= 15 is 0 Å². The van der Waals surface area contributed by atoms with E-state index in [-0.39, 0.29) is 5.69 Å². The Morgan fingerprint density at radius 2 is 2.05 bits per heavy atom. The summed E-state index contributed by atoms with van der Waals surface area (Å²) < 4.78 is 7.47. The third-order valence-corrected chi connectivity index (χ3v) is 2.95. The van der Waals surface area contributed by atoms with Crippen LogP contribution < -0.4 is 0 Å². The Kier molecular flexibility index (Phi) is 3.38. The highest BCUT2D eigenvalue weighted by Gasteiger charge is 2.22. The molecular formula is C14H13BrN2O2. The number of ether oxygens (including phenoxy) is 1. The Morgan fingerprint density at radius 1 is 1.37 bits per heavy atom. The molecule has 0 radical (unpaired) electrons. The van der Waals surface area contributed by atoms with Gasteiger partial charge in [-0.25, -0.2) is 9.36 Å². The molecule has 0 aliphatic heterocycles. The molecule has 0 unspecified atom stereocenters. The molecular weight excluding hydrogens is 308 g/mol. The number of nitrogens with zero attached hydrogens (tertiary/aromatic N) is 2. The van der Waals surface area contributed by atoms with Crippen molar-refractivity contribution in [3.05, 3.63) is 34.4 Å². The van der Waals surface area contributed by atoms with Crippen LogP contribution in [0, 0.1) is 11.3 Å². The molecule has 0 saturated carbocycles. The molecule has 4 nitrogen and oxygen atoms in total. The van der Waals surface area contributed by atoms with Gasteiger partial charge in [0.2, 0.25) is 0 Å². The van der Waals surface area contributed by atoms with Crippen LogP contribution >= 0.6 is 15.9 Å². The van der Waals surface area contributed by atoms with E-state index in [2.05, 4.69) is 15.9 Å². The highest BCUT2D eigenvalue weighted by atomic mass is 79.9. The van der Waals surface area contributed by atoms with Gasteiger partial charge in [0.1, 0.15) is 17.4 Å². The Labute approximate surface area is 119 Å². The maximum absolute atomic E-state index is 12.2. The fourth-order valence-electron chi connectivity index (χ4n) is 1.76. The van der Waals surface area contributed by atoms with Crippen molar-refractivity contribution in [1.82, 2.24) is 4.57 Å². The number of carbonyl (C=O) groups is 1. The van der Waals surface area contributed by atoms with E-state index in [1.165, 1.54) is 4.57 Å². The number of hydrogen-bond donors (Lipinski definition) is 0. The van der Waals surface area contributed by atoms with Gasteiger partial charge in [-0.05, 0) is 39.0 Å². The van der Waals surface area contributed by atoms with Gasteiger partial charge < -0.3 is 4.74 Å². The van der Waals surface area contributed by atoms with E-state index in [0.717, 1.165) is 9.86 Å². The molecule has 1 aromatic heterocycles. The summed E-state index contributed by atoms with van der Waals surface area (Å²) in [5.41, 5.74) is 0.314. The first kappa shape index (κ1) is 13.6. The first-order valence-corrected chi connectivity index (χ1v) is 6.55. The third-order valence-electron chi connectivity index (χ3n) is 2.46. The van der Waals surface area contributed by atoms with Crippen molar-refractivity contribution in [3.8, 4) is 6.07 Å². The average molecular weight is 321 g/mol. The highest BCUT2D eigenvalue weighted by Crippen LogP contribution is 2.24. The van der Waals surface area contributed by atoms with E-state index in [0.29, 0.717) is 5.52 Å². The minimum Gasteiger partial charge on any atom is -0.443 e. The van der Waals surface area contributed by atoms with Gasteiger partial charge in [0, 0.05) is 9.86 Å². The Balaban J connectivity index is 2.61. The summed E-state index contributed by atoms with van der Waals surface area (Å²) in [5.74, 6) is 0. The SMILES string of the molecule is CC(C)(C)OC(=O)n1c(C#N)cc2ccc(Br)cc21. The van der Waals surface area contributed by atoms with Crippen LogP contribution in [-0.2, 0) is 4.74 Å². The minimum absolute atomic E-state index is 0.266. The zero-order chi connectivity index (χ0) is 14.2. The lowest BCUT2D eigenvalue weighted by Gasteiger charge is -2.20. The number of aromatic nitrogens is 1. The Morgan fingerprint density at radius 3 is 2.63 bits per heavy atom. The van der Waals surface area contributed by atoms with Crippen LogP contribution in [-0.4, -0.2) is 16.3 Å². The van der Waals surface area contributed by atoms with Gasteiger partial charge in [0.25, 0.3) is 0 Å². The lowest BCUT2D eigenvalue weighted by atomic mass is 10.2. The molecule has 0 N–H and O–H groups in total. The van der Waals surface area contributed by atoms with Crippen molar-refractivity contribution in [2.75, 3.05) is 0 Å². The number of halogens is 1. The van der Waals surface area contributed by atoms with E-state index in [4.69, 9.17) is 10.00 Å². The molecule has 0 fully saturated rings. The molecule has 98 valence electrons. The molecule has 5 heteroatoms. The maximum Gasteiger partial charge on any atom is 0.420 e. The van der Waals surface area contributed by atoms with E-state index in [1.54, 1.807) is 32.9 Å². The summed E-state index contributed by atoms with van der Waals surface area (Å²) in [5, 5.41) is 9.97. The lowest BCUT2D eigenvalue weighted by molar-refractivity contribution is 0.0543. The first-order valence-electron chi connectivity index (χ1n) is 5.76. The molecule has 0 atom stereocenters. The van der Waals surface area contributed by atoms with Crippen LogP contribution in [0.5, 0.6) is 0 Å². The van der Waals surface area contributed by atoms with Crippen LogP contribution in [0.25, 0.3) is 10.9 Å². The van der Waals surface area contributed by atoms with Gasteiger partial charge in [0.05, 0.1) is 5.52 Å². The van der Waals surface area contributed by atoms with Gasteiger partial charge in [-0.15, -0.1) is 0 Å². The van der Waals surface area contributed by atoms with Crippen LogP contribution in [0.3, 0.4) is 0 Å². The summed E-state index contributed by atoms with van der Waals surface area (Å²) in [7, 11) is 0. The summed E-state index contributed by atoms with van der Waals surface area (Å²) in [4.78, 5) is 12.2. The predicted octanol–water partition coefficient (Wildman–Crippen LogP) is 4.06. The second kappa shape index (κ2) is 4.71. The van der Waals surface area contributed by atoms with Gasteiger partial charge in [-0.2, -0.15) is 5.26 Å². The molecule has 0 spiro atoms. The highest BCUT2D eigenvalue weighted by molar-refractivity contribution is 9.10. The van der Waals surface area contributed by atoms with Crippen molar-refractivity contribution in [3.63, 3.8) is 0 Å². The van der Waals surface area contributed by atoms with Crippen molar-refractivity contribution in [1.29, 1.82) is 5.26 Å². The molecule has 0 bridgehead atoms. The summed E-state index contributed by atoms with van der Waals surface area (Å²) in [6, 6.07) is 9.19. The Hall–Kier alpha value is -1.80. The number of nitriles is 1. The maximum atomic E-state index is 12.2. The van der Waals surface area contributed by atoms with Crippen molar-refractivity contribution < 1.29 is 9.53 Å². The Bertz CT molecular complexity index is 690. The molecule has 2 rings (SSSR count). The van der Waals surface area contributed by atoms with Crippen LogP contribution in [0.2, 0.25) is 0 Å². The first-order chi connectivity index (χ1) is 8.81. The van der Waals surface area contributed by atoms with E-state index in [1.807, 2.05) is 18.2 Å². The topological polar surface area (TPSA) is 55.0 Å². The number of carbonyl (C=O) groups excluding carboxylic acids is 1. The second-order valence-electron chi connectivity index (χ2n) is 5.16. The van der Waals surface area contributed by atoms with Crippen molar-refractivity contribution in [2.24, 2.45) is 0 Å². The minimum atomic E-state index is -0.605. The van der Waals surface area contributed by atoms with Crippen LogP contribution in [0.15, 0.2) is 28.7 Å². The average Bonchev–Trinajstić information content (AvgIpc) is 2.64. The van der Waals surface area contributed by atoms with Crippen molar-refractivity contribution >= 4 is 32.9 Å². The zero-order valence-electron chi connectivity index (χ0n) is 10.9. The molecule has 2 aromatic rings. The normalized spacial score (nSPS) is 11.3. The van der Waals surface area contributed by atoms with Crippen LogP contribution in [0.4, 0.5) is 4.79 Å². The molecule has 0 aliphatic carbocycles. The summed E-state index contributed by atoms with van der Waals surface area (Å²) >= 11 is 3.36. The number of hydrogen-bond acceptors (Lipinski definition) is 3. The lowest BCUT2D eigenvalue weighted by Crippen LogP contribution is -2.27. The van der Waals surface area contributed by atoms with Crippen molar-refractivity contribution in [2.45, 2.75) is 26.4 Å². The molecule has 0 amide bonds. The molecule has 1 aromatic carbocycles. The third kappa shape index (κ3) is 2.79. The molecule has 0 saturated heterocycles. The molecule has 0 aliphatic rings. The largest absolute Gasteiger partial charge is 0.443 e. The quantitative estimate of drug-likeness (QED) is 0.735. The standard InChI is InChI=1S/C14H13BrN2O2/c1-14(2,3)19-13(18)17-11(8-16)6-9-4-5-10(15)7-12(9)17/h4-7H,1-3H3. The molecule has 19 heavy (non-hydrogen) atoms. The zero-order valence-corrected chi connectivity index (χ0v) is 12.5. The number of fused-ring (bicyclic) bond motifs is 1. The number of rotatable bonds is 0. The van der Waals surface area contributed by atoms with Gasteiger partial charge in [-0.3, -0.25) is 0 Å². The smallest absolute Gasteiger partial charge is 0.420 e. The van der Waals surface area contributed by atoms with E-state index in [9.17, 15) is 4.79 Å². The predicted molar refractivity (Wildman–Crippen MR) is 76.0 cm³/mol. The number of benzene rings is 1. The second-order valence-corrected chi connectivity index (χ2v) is 6.08. The monoisotopic (exact) mass is 320 g/mol. The van der Waals surface area contributed by atoms with Gasteiger partial charge in [-0.1, -0.05) is 22.0 Å². The molecule has 1 heterocycles. The fourth-order valence-corrected chi connectivity index (χ4v) is 2.11. The fraction of sp³-hybridized carbons (Fsp3) is 0.286. The summed E-state index contributed by atoms with van der Waals surface area (Å²) in [6.45, 7) is 5.37. The summed E-state index contributed by atoms with van der Waals surface area (Å²) in [6.07, 6.45) is -0.544.